The van der Waals surface area contributed by atoms with Gasteiger partial charge < -0.3 is 5.11 Å². The number of aromatic hydroxyl groups is 1. The second kappa shape index (κ2) is 4.62. The Kier molecular flexibility index (Phi) is 3.20. The van der Waals surface area contributed by atoms with Crippen molar-refractivity contribution in [3.63, 3.8) is 0 Å². The van der Waals surface area contributed by atoms with Crippen LogP contribution in [0.3, 0.4) is 0 Å². The van der Waals surface area contributed by atoms with Gasteiger partial charge in [-0.2, -0.15) is 0 Å². The van der Waals surface area contributed by atoms with E-state index >= 15 is 0 Å². The Bertz CT molecular complexity index is 492. The molecule has 16 heavy (non-hydrogen) atoms. The minimum atomic E-state index is 0.370. The summed E-state index contributed by atoms with van der Waals surface area (Å²) in [6, 6.07) is 14.0. The fourth-order valence-corrected chi connectivity index (χ4v) is 2.50. The minimum absolute atomic E-state index is 0.370. The molecule has 2 heteroatoms. The number of hydrogen-bond donors (Lipinski definition) is 1. The molecule has 1 N–H and O–H groups in total. The molecule has 0 aromatic heterocycles. The topological polar surface area (TPSA) is 20.2 Å². The van der Waals surface area contributed by atoms with E-state index in [0.29, 0.717) is 5.75 Å². The highest BCUT2D eigenvalue weighted by Crippen LogP contribution is 2.34. The molecule has 1 nitrogen and oxygen atoms in total. The van der Waals surface area contributed by atoms with Gasteiger partial charge in [0.2, 0.25) is 0 Å². The molecule has 2 rings (SSSR count). The SMILES string of the molecule is Cc1c(O)ccc(Sc2ccccc2)c1C. The summed E-state index contributed by atoms with van der Waals surface area (Å²) in [5, 5.41) is 9.58. The fraction of sp³-hybridized carbons (Fsp3) is 0.143. The molecule has 0 fully saturated rings. The van der Waals surface area contributed by atoms with Crippen molar-refractivity contribution in [2.45, 2.75) is 23.6 Å². The molecule has 0 atom stereocenters. The summed E-state index contributed by atoms with van der Waals surface area (Å²) in [7, 11) is 0. The summed E-state index contributed by atoms with van der Waals surface area (Å²) >= 11 is 1.73. The van der Waals surface area contributed by atoms with Crippen molar-refractivity contribution in [1.82, 2.24) is 0 Å². The lowest BCUT2D eigenvalue weighted by atomic mass is 10.1. The molecule has 0 bridgehead atoms. The van der Waals surface area contributed by atoms with Crippen LogP contribution in [-0.2, 0) is 0 Å². The predicted molar refractivity (Wildman–Crippen MR) is 68.1 cm³/mol. The predicted octanol–water partition coefficient (Wildman–Crippen LogP) is 4.16. The summed E-state index contributed by atoms with van der Waals surface area (Å²) in [5.41, 5.74) is 2.11. The first-order valence-corrected chi connectivity index (χ1v) is 6.02. The van der Waals surface area contributed by atoms with Crippen molar-refractivity contribution >= 4 is 11.8 Å². The first-order valence-electron chi connectivity index (χ1n) is 5.20. The summed E-state index contributed by atoms with van der Waals surface area (Å²) in [4.78, 5) is 2.41. The van der Waals surface area contributed by atoms with Crippen molar-refractivity contribution < 1.29 is 5.11 Å². The molecule has 82 valence electrons. The van der Waals surface area contributed by atoms with E-state index in [2.05, 4.69) is 12.1 Å². The average molecular weight is 230 g/mol. The normalized spacial score (nSPS) is 10.4. The van der Waals surface area contributed by atoms with Gasteiger partial charge in [0.1, 0.15) is 5.75 Å². The lowest BCUT2D eigenvalue weighted by Gasteiger charge is -2.09. The van der Waals surface area contributed by atoms with Crippen LogP contribution in [0.2, 0.25) is 0 Å². The van der Waals surface area contributed by atoms with E-state index in [4.69, 9.17) is 0 Å². The Morgan fingerprint density at radius 1 is 0.875 bits per heavy atom. The van der Waals surface area contributed by atoms with E-state index in [1.807, 2.05) is 38.1 Å². The molecular weight excluding hydrogens is 216 g/mol. The fourth-order valence-electron chi connectivity index (χ4n) is 1.51. The summed E-state index contributed by atoms with van der Waals surface area (Å²) in [5.74, 6) is 0.370. The maximum atomic E-state index is 9.58. The summed E-state index contributed by atoms with van der Waals surface area (Å²) in [6.07, 6.45) is 0. The molecule has 0 amide bonds. The van der Waals surface area contributed by atoms with E-state index < -0.39 is 0 Å². The third-order valence-corrected chi connectivity index (χ3v) is 3.85. The molecule has 0 heterocycles. The molecule has 0 aliphatic heterocycles. The molecule has 2 aromatic rings. The zero-order valence-corrected chi connectivity index (χ0v) is 10.2. The Labute approximate surface area is 100 Å². The highest BCUT2D eigenvalue weighted by molar-refractivity contribution is 7.99. The molecule has 2 aromatic carbocycles. The van der Waals surface area contributed by atoms with Crippen LogP contribution in [0, 0.1) is 13.8 Å². The number of rotatable bonds is 2. The van der Waals surface area contributed by atoms with Gasteiger partial charge in [0, 0.05) is 9.79 Å². The number of benzene rings is 2. The van der Waals surface area contributed by atoms with E-state index in [9.17, 15) is 5.11 Å². The van der Waals surface area contributed by atoms with E-state index in [-0.39, 0.29) is 0 Å². The van der Waals surface area contributed by atoms with Gasteiger partial charge in [0.15, 0.2) is 0 Å². The Morgan fingerprint density at radius 3 is 2.25 bits per heavy atom. The van der Waals surface area contributed by atoms with Crippen LogP contribution in [0.4, 0.5) is 0 Å². The maximum Gasteiger partial charge on any atom is 0.118 e. The second-order valence-corrected chi connectivity index (χ2v) is 4.86. The van der Waals surface area contributed by atoms with Gasteiger partial charge in [-0.15, -0.1) is 0 Å². The Morgan fingerprint density at radius 2 is 1.56 bits per heavy atom. The van der Waals surface area contributed by atoms with Crippen molar-refractivity contribution in [2.24, 2.45) is 0 Å². The van der Waals surface area contributed by atoms with Crippen LogP contribution in [0.15, 0.2) is 52.3 Å². The van der Waals surface area contributed by atoms with Gasteiger partial charge in [-0.25, -0.2) is 0 Å². The van der Waals surface area contributed by atoms with Crippen molar-refractivity contribution in [3.05, 3.63) is 53.6 Å². The molecule has 0 aliphatic rings. The molecule has 0 unspecified atom stereocenters. The highest BCUT2D eigenvalue weighted by atomic mass is 32.2. The first-order chi connectivity index (χ1) is 7.68. The van der Waals surface area contributed by atoms with Crippen molar-refractivity contribution in [1.29, 1.82) is 0 Å². The highest BCUT2D eigenvalue weighted by Gasteiger charge is 2.06. The quantitative estimate of drug-likeness (QED) is 0.836. The third-order valence-electron chi connectivity index (χ3n) is 2.68. The van der Waals surface area contributed by atoms with Gasteiger partial charge in [-0.3, -0.25) is 0 Å². The largest absolute Gasteiger partial charge is 0.508 e. The zero-order valence-electron chi connectivity index (χ0n) is 9.40. The van der Waals surface area contributed by atoms with Gasteiger partial charge in [0.05, 0.1) is 0 Å². The maximum absolute atomic E-state index is 9.58. The number of phenols is 1. The lowest BCUT2D eigenvalue weighted by Crippen LogP contribution is -1.85. The van der Waals surface area contributed by atoms with Gasteiger partial charge in [-0.05, 0) is 49.2 Å². The van der Waals surface area contributed by atoms with Crippen LogP contribution in [0.1, 0.15) is 11.1 Å². The smallest absolute Gasteiger partial charge is 0.118 e. The van der Waals surface area contributed by atoms with Crippen LogP contribution in [0.5, 0.6) is 5.75 Å². The molecule has 0 saturated carbocycles. The first kappa shape index (κ1) is 11.1. The third kappa shape index (κ3) is 2.22. The standard InChI is InChI=1S/C14H14OS/c1-10-11(2)14(9-8-13(10)15)16-12-6-4-3-5-7-12/h3-9,15H,1-2H3. The van der Waals surface area contributed by atoms with Gasteiger partial charge in [0.25, 0.3) is 0 Å². The van der Waals surface area contributed by atoms with Crippen molar-refractivity contribution in [3.8, 4) is 5.75 Å². The summed E-state index contributed by atoms with van der Waals surface area (Å²) in [6.45, 7) is 3.99. The molecular formula is C14H14OS. The Hall–Kier alpha value is -1.41. The summed E-state index contributed by atoms with van der Waals surface area (Å²) < 4.78 is 0. The van der Waals surface area contributed by atoms with E-state index in [0.717, 1.165) is 11.1 Å². The number of hydrogen-bond acceptors (Lipinski definition) is 2. The van der Waals surface area contributed by atoms with Crippen LogP contribution in [-0.4, -0.2) is 5.11 Å². The van der Waals surface area contributed by atoms with Crippen LogP contribution < -0.4 is 0 Å². The molecule has 0 saturated heterocycles. The minimum Gasteiger partial charge on any atom is -0.508 e. The average Bonchev–Trinajstić information content (AvgIpc) is 2.31. The number of phenolic OH excluding ortho intramolecular Hbond substituents is 1. The zero-order chi connectivity index (χ0) is 11.5. The second-order valence-electron chi connectivity index (χ2n) is 3.75. The molecule has 0 spiro atoms. The lowest BCUT2D eigenvalue weighted by molar-refractivity contribution is 0.470. The Balaban J connectivity index is 2.33. The van der Waals surface area contributed by atoms with Crippen LogP contribution >= 0.6 is 11.8 Å². The molecule has 0 radical (unpaired) electrons. The van der Waals surface area contributed by atoms with Gasteiger partial charge in [-0.1, -0.05) is 30.0 Å². The van der Waals surface area contributed by atoms with E-state index in [1.165, 1.54) is 9.79 Å². The van der Waals surface area contributed by atoms with Gasteiger partial charge >= 0.3 is 0 Å². The van der Waals surface area contributed by atoms with Crippen LogP contribution in [0.25, 0.3) is 0 Å². The molecule has 0 aliphatic carbocycles. The monoisotopic (exact) mass is 230 g/mol. The van der Waals surface area contributed by atoms with E-state index in [1.54, 1.807) is 17.8 Å². The van der Waals surface area contributed by atoms with Crippen molar-refractivity contribution in [2.75, 3.05) is 0 Å².